The van der Waals surface area contributed by atoms with Gasteiger partial charge in [0.2, 0.25) is 0 Å². The molecule has 2 aliphatic carbocycles. The first-order chi connectivity index (χ1) is 8.17. The van der Waals surface area contributed by atoms with Crippen LogP contribution in [0.25, 0.3) is 0 Å². The standard InChI is InChI=1S/C14H17NO2/c16-12(17)14(11-4-3-7-15-8-11)9-13(10-14)5-1-2-6-13/h3-4,7-8H,1-2,5-6,9-10H2,(H,16,17). The van der Waals surface area contributed by atoms with Crippen LogP contribution in [0, 0.1) is 5.41 Å². The number of carboxylic acids is 1. The molecule has 0 aliphatic heterocycles. The molecule has 1 heterocycles. The van der Waals surface area contributed by atoms with Crippen molar-refractivity contribution in [2.45, 2.75) is 43.9 Å². The van der Waals surface area contributed by atoms with Crippen molar-refractivity contribution in [2.24, 2.45) is 5.41 Å². The van der Waals surface area contributed by atoms with Crippen LogP contribution in [0.15, 0.2) is 24.5 Å². The summed E-state index contributed by atoms with van der Waals surface area (Å²) in [7, 11) is 0. The van der Waals surface area contributed by atoms with E-state index in [9.17, 15) is 9.90 Å². The van der Waals surface area contributed by atoms with Crippen LogP contribution in [0.5, 0.6) is 0 Å². The van der Waals surface area contributed by atoms with Crippen molar-refractivity contribution in [3.8, 4) is 0 Å². The lowest BCUT2D eigenvalue weighted by Crippen LogP contribution is -2.53. The molecule has 0 bridgehead atoms. The van der Waals surface area contributed by atoms with Gasteiger partial charge in [0.1, 0.15) is 0 Å². The first kappa shape index (κ1) is 10.8. The minimum absolute atomic E-state index is 0.328. The number of carboxylic acid groups (broad SMARTS) is 1. The van der Waals surface area contributed by atoms with E-state index in [4.69, 9.17) is 0 Å². The Balaban J connectivity index is 1.91. The zero-order valence-corrected chi connectivity index (χ0v) is 9.85. The minimum Gasteiger partial charge on any atom is -0.481 e. The predicted molar refractivity (Wildman–Crippen MR) is 63.7 cm³/mol. The van der Waals surface area contributed by atoms with E-state index in [0.717, 1.165) is 18.4 Å². The third-order valence-corrected chi connectivity index (χ3v) is 4.64. The van der Waals surface area contributed by atoms with Crippen molar-refractivity contribution in [1.29, 1.82) is 0 Å². The zero-order valence-electron chi connectivity index (χ0n) is 9.85. The third-order valence-electron chi connectivity index (χ3n) is 4.64. The molecule has 0 unspecified atom stereocenters. The number of nitrogens with zero attached hydrogens (tertiary/aromatic N) is 1. The average Bonchev–Trinajstić information content (AvgIpc) is 2.76. The third kappa shape index (κ3) is 1.48. The van der Waals surface area contributed by atoms with Gasteiger partial charge < -0.3 is 5.11 Å². The van der Waals surface area contributed by atoms with E-state index in [1.165, 1.54) is 25.7 Å². The molecule has 0 atom stereocenters. The van der Waals surface area contributed by atoms with Gasteiger partial charge in [-0.05, 0) is 42.7 Å². The van der Waals surface area contributed by atoms with Crippen LogP contribution < -0.4 is 0 Å². The first-order valence-corrected chi connectivity index (χ1v) is 6.31. The van der Waals surface area contributed by atoms with Crippen molar-refractivity contribution >= 4 is 5.97 Å². The maximum Gasteiger partial charge on any atom is 0.314 e. The fourth-order valence-electron chi connectivity index (χ4n) is 3.83. The van der Waals surface area contributed by atoms with Crippen LogP contribution in [0.3, 0.4) is 0 Å². The smallest absolute Gasteiger partial charge is 0.314 e. The lowest BCUT2D eigenvalue weighted by atomic mass is 9.50. The van der Waals surface area contributed by atoms with Crippen LogP contribution in [0.1, 0.15) is 44.1 Å². The highest BCUT2D eigenvalue weighted by Gasteiger charge is 2.60. The van der Waals surface area contributed by atoms with Crippen molar-refractivity contribution in [2.75, 3.05) is 0 Å². The Morgan fingerprint density at radius 1 is 1.29 bits per heavy atom. The summed E-state index contributed by atoms with van der Waals surface area (Å²) >= 11 is 0. The maximum atomic E-state index is 11.6. The summed E-state index contributed by atoms with van der Waals surface area (Å²) < 4.78 is 0. The fourth-order valence-corrected chi connectivity index (χ4v) is 3.83. The van der Waals surface area contributed by atoms with Gasteiger partial charge in [0, 0.05) is 12.4 Å². The van der Waals surface area contributed by atoms with Gasteiger partial charge in [-0.2, -0.15) is 0 Å². The molecule has 1 N–H and O–H groups in total. The summed E-state index contributed by atoms with van der Waals surface area (Å²) in [5.41, 5.74) is 0.553. The average molecular weight is 231 g/mol. The molecular formula is C14H17NO2. The second kappa shape index (κ2) is 3.56. The molecule has 2 saturated carbocycles. The van der Waals surface area contributed by atoms with Crippen molar-refractivity contribution < 1.29 is 9.90 Å². The molecule has 0 aromatic carbocycles. The summed E-state index contributed by atoms with van der Waals surface area (Å²) in [6.07, 6.45) is 9.98. The molecule has 0 radical (unpaired) electrons. The van der Waals surface area contributed by atoms with Crippen LogP contribution in [-0.2, 0) is 10.2 Å². The molecule has 2 aliphatic rings. The van der Waals surface area contributed by atoms with E-state index in [1.807, 2.05) is 12.1 Å². The lowest BCUT2D eigenvalue weighted by molar-refractivity contribution is -0.154. The molecule has 0 amide bonds. The molecular weight excluding hydrogens is 214 g/mol. The van der Waals surface area contributed by atoms with Crippen molar-refractivity contribution in [1.82, 2.24) is 4.98 Å². The van der Waals surface area contributed by atoms with Gasteiger partial charge in [-0.25, -0.2) is 0 Å². The van der Waals surface area contributed by atoms with E-state index in [-0.39, 0.29) is 0 Å². The lowest BCUT2D eigenvalue weighted by Gasteiger charge is -2.52. The largest absolute Gasteiger partial charge is 0.481 e. The number of hydrogen-bond donors (Lipinski definition) is 1. The first-order valence-electron chi connectivity index (χ1n) is 6.31. The van der Waals surface area contributed by atoms with Crippen LogP contribution >= 0.6 is 0 Å². The quantitative estimate of drug-likeness (QED) is 0.851. The van der Waals surface area contributed by atoms with Gasteiger partial charge in [-0.3, -0.25) is 9.78 Å². The topological polar surface area (TPSA) is 50.2 Å². The summed E-state index contributed by atoms with van der Waals surface area (Å²) in [4.78, 5) is 15.7. The van der Waals surface area contributed by atoms with E-state index >= 15 is 0 Å². The molecule has 1 aromatic heterocycles. The Kier molecular flexibility index (Phi) is 2.25. The highest BCUT2D eigenvalue weighted by Crippen LogP contribution is 2.62. The Hall–Kier alpha value is -1.38. The van der Waals surface area contributed by atoms with Gasteiger partial charge in [0.05, 0.1) is 5.41 Å². The van der Waals surface area contributed by atoms with Gasteiger partial charge in [0.25, 0.3) is 0 Å². The summed E-state index contributed by atoms with van der Waals surface area (Å²) in [6, 6.07) is 3.74. The van der Waals surface area contributed by atoms with Gasteiger partial charge in [-0.1, -0.05) is 18.9 Å². The number of aromatic nitrogens is 1. The highest BCUT2D eigenvalue weighted by molar-refractivity contribution is 5.83. The summed E-state index contributed by atoms with van der Waals surface area (Å²) in [5.74, 6) is -0.678. The molecule has 3 nitrogen and oxygen atoms in total. The van der Waals surface area contributed by atoms with Gasteiger partial charge >= 0.3 is 5.97 Å². The number of hydrogen-bond acceptors (Lipinski definition) is 2. The van der Waals surface area contributed by atoms with E-state index in [2.05, 4.69) is 4.98 Å². The summed E-state index contributed by atoms with van der Waals surface area (Å²) in [6.45, 7) is 0. The monoisotopic (exact) mass is 231 g/mol. The number of rotatable bonds is 2. The number of carbonyl (C=O) groups is 1. The molecule has 3 heteroatoms. The summed E-state index contributed by atoms with van der Waals surface area (Å²) in [5, 5.41) is 9.55. The fraction of sp³-hybridized carbons (Fsp3) is 0.571. The van der Waals surface area contributed by atoms with Gasteiger partial charge in [0.15, 0.2) is 0 Å². The molecule has 90 valence electrons. The predicted octanol–water partition coefficient (Wildman–Crippen LogP) is 2.76. The van der Waals surface area contributed by atoms with Crippen molar-refractivity contribution in [3.05, 3.63) is 30.1 Å². The molecule has 1 spiro atoms. The second-order valence-electron chi connectivity index (χ2n) is 5.69. The van der Waals surface area contributed by atoms with Crippen LogP contribution in [-0.4, -0.2) is 16.1 Å². The second-order valence-corrected chi connectivity index (χ2v) is 5.69. The minimum atomic E-state index is -0.678. The Morgan fingerprint density at radius 3 is 2.53 bits per heavy atom. The SMILES string of the molecule is O=C(O)C1(c2cccnc2)CC2(CCCC2)C1. The Morgan fingerprint density at radius 2 is 2.00 bits per heavy atom. The van der Waals surface area contributed by atoms with Crippen LogP contribution in [0.4, 0.5) is 0 Å². The molecule has 1 aromatic rings. The maximum absolute atomic E-state index is 11.6. The Labute approximate surface area is 101 Å². The van der Waals surface area contributed by atoms with Crippen molar-refractivity contribution in [3.63, 3.8) is 0 Å². The Bertz CT molecular complexity index is 427. The number of aliphatic carboxylic acids is 1. The zero-order chi connectivity index (χ0) is 11.9. The van der Waals surface area contributed by atoms with Crippen LogP contribution in [0.2, 0.25) is 0 Å². The molecule has 2 fully saturated rings. The molecule has 3 rings (SSSR count). The van der Waals surface area contributed by atoms with Gasteiger partial charge in [-0.15, -0.1) is 0 Å². The highest BCUT2D eigenvalue weighted by atomic mass is 16.4. The van der Waals surface area contributed by atoms with E-state index < -0.39 is 11.4 Å². The number of pyridine rings is 1. The normalized spacial score (nSPS) is 24.5. The molecule has 0 saturated heterocycles. The van der Waals surface area contributed by atoms with E-state index in [0.29, 0.717) is 5.41 Å². The van der Waals surface area contributed by atoms with E-state index in [1.54, 1.807) is 12.4 Å². The molecule has 17 heavy (non-hydrogen) atoms.